The summed E-state index contributed by atoms with van der Waals surface area (Å²) < 4.78 is 45.0. The summed E-state index contributed by atoms with van der Waals surface area (Å²) in [6.45, 7) is 1.66. The first-order valence-corrected chi connectivity index (χ1v) is 10.3. The highest BCUT2D eigenvalue weighted by Gasteiger charge is 2.59. The van der Waals surface area contributed by atoms with E-state index in [1.807, 2.05) is 5.32 Å². The third kappa shape index (κ3) is 3.98. The van der Waals surface area contributed by atoms with Gasteiger partial charge >= 0.3 is 6.03 Å². The van der Waals surface area contributed by atoms with Crippen LogP contribution in [0, 0.1) is 18.7 Å². The number of nitrogens with zero attached hydrogens (tertiary/aromatic N) is 2. The lowest BCUT2D eigenvalue weighted by atomic mass is 9.84. The summed E-state index contributed by atoms with van der Waals surface area (Å²) in [6.07, 6.45) is -1.48. The molecule has 0 spiro atoms. The van der Waals surface area contributed by atoms with Crippen LogP contribution in [0.25, 0.3) is 5.65 Å². The van der Waals surface area contributed by atoms with Gasteiger partial charge in [-0.25, -0.2) is 22.9 Å². The number of urea groups is 1. The Morgan fingerprint density at radius 1 is 1.30 bits per heavy atom. The van der Waals surface area contributed by atoms with Gasteiger partial charge in [0.15, 0.2) is 0 Å². The van der Waals surface area contributed by atoms with Crippen molar-refractivity contribution in [3.05, 3.63) is 64.3 Å². The first-order valence-electron chi connectivity index (χ1n) is 9.91. The molecule has 3 atom stereocenters. The van der Waals surface area contributed by atoms with Crippen LogP contribution in [0.2, 0.25) is 5.02 Å². The first kappa shape index (κ1) is 22.9. The number of benzene rings is 1. The molecular formula is C21H20ClF3N6O2. The van der Waals surface area contributed by atoms with E-state index in [2.05, 4.69) is 10.3 Å². The van der Waals surface area contributed by atoms with E-state index in [0.717, 1.165) is 12.1 Å². The Morgan fingerprint density at radius 3 is 2.61 bits per heavy atom. The van der Waals surface area contributed by atoms with Crippen LogP contribution in [0.15, 0.2) is 36.5 Å². The third-order valence-electron chi connectivity index (χ3n) is 5.81. The number of carbonyl (C=O) groups excluding carboxylic acids is 2. The predicted octanol–water partition coefficient (Wildman–Crippen LogP) is 3.16. The molecule has 3 amide bonds. The molecule has 0 radical (unpaired) electrons. The molecule has 2 aromatic heterocycles. The average Bonchev–Trinajstić information content (AvgIpc) is 3.39. The number of nitrogens with two attached hydrogens (primary N) is 2. The van der Waals surface area contributed by atoms with Gasteiger partial charge in [-0.1, -0.05) is 11.6 Å². The normalized spacial score (nSPS) is 19.4. The molecule has 174 valence electrons. The molecule has 1 saturated carbocycles. The second-order valence-electron chi connectivity index (χ2n) is 7.94. The fraction of sp³-hybridized carbons (Fsp3) is 0.286. The van der Waals surface area contributed by atoms with Crippen LogP contribution in [0.3, 0.4) is 0 Å². The molecule has 0 bridgehead atoms. The molecule has 12 heteroatoms. The van der Waals surface area contributed by atoms with E-state index in [4.69, 9.17) is 23.1 Å². The van der Waals surface area contributed by atoms with Gasteiger partial charge in [-0.15, -0.1) is 0 Å². The molecule has 4 rings (SSSR count). The summed E-state index contributed by atoms with van der Waals surface area (Å²) in [5, 5.41) is 5.00. The average molecular weight is 481 g/mol. The van der Waals surface area contributed by atoms with Gasteiger partial charge in [0, 0.05) is 29.4 Å². The van der Waals surface area contributed by atoms with E-state index in [1.165, 1.54) is 6.07 Å². The molecule has 0 saturated heterocycles. The van der Waals surface area contributed by atoms with Gasteiger partial charge < -0.3 is 26.5 Å². The fourth-order valence-corrected chi connectivity index (χ4v) is 4.26. The Bertz CT molecular complexity index is 1270. The van der Waals surface area contributed by atoms with Crippen LogP contribution in [-0.2, 0) is 5.54 Å². The van der Waals surface area contributed by atoms with Crippen molar-refractivity contribution in [3.8, 4) is 0 Å². The second kappa shape index (κ2) is 8.23. The highest BCUT2D eigenvalue weighted by molar-refractivity contribution is 6.30. The zero-order valence-electron chi connectivity index (χ0n) is 17.3. The molecule has 33 heavy (non-hydrogen) atoms. The lowest BCUT2D eigenvalue weighted by Gasteiger charge is -2.35. The largest absolute Gasteiger partial charge is 0.352 e. The molecular weight excluding hydrogens is 461 g/mol. The SMILES string of the molecule is Cc1c(C(=O)Nc2ccc(F)c([C@](NC(N)=O)(C(F)F)[C@H]3C[C@H]3N)c2)nc2ccc(Cl)cn12. The van der Waals surface area contributed by atoms with Crippen molar-refractivity contribution in [2.75, 3.05) is 5.32 Å². The van der Waals surface area contributed by atoms with E-state index in [0.29, 0.717) is 16.4 Å². The van der Waals surface area contributed by atoms with E-state index < -0.39 is 47.2 Å². The molecule has 0 aliphatic heterocycles. The number of aromatic nitrogens is 2. The number of rotatable bonds is 6. The van der Waals surface area contributed by atoms with Gasteiger partial charge in [-0.2, -0.15) is 0 Å². The Kier molecular flexibility index (Phi) is 5.71. The Morgan fingerprint density at radius 2 is 2.00 bits per heavy atom. The van der Waals surface area contributed by atoms with Crippen molar-refractivity contribution < 1.29 is 22.8 Å². The summed E-state index contributed by atoms with van der Waals surface area (Å²) >= 11 is 5.99. The maximum absolute atomic E-state index is 14.8. The summed E-state index contributed by atoms with van der Waals surface area (Å²) in [5.41, 5.74) is 9.02. The zero-order valence-corrected chi connectivity index (χ0v) is 18.0. The van der Waals surface area contributed by atoms with Crippen LogP contribution in [0.5, 0.6) is 0 Å². The first-order chi connectivity index (χ1) is 15.5. The maximum atomic E-state index is 14.8. The number of anilines is 1. The molecule has 1 aliphatic carbocycles. The molecule has 1 aromatic carbocycles. The molecule has 1 fully saturated rings. The number of pyridine rings is 1. The number of hydrogen-bond acceptors (Lipinski definition) is 4. The third-order valence-corrected chi connectivity index (χ3v) is 6.03. The Balaban J connectivity index is 1.72. The Hall–Kier alpha value is -3.31. The molecule has 3 aromatic rings. The van der Waals surface area contributed by atoms with Crippen molar-refractivity contribution in [1.82, 2.24) is 14.7 Å². The minimum Gasteiger partial charge on any atom is -0.352 e. The van der Waals surface area contributed by atoms with Gasteiger partial charge in [0.25, 0.3) is 12.3 Å². The number of alkyl halides is 2. The number of imidazole rings is 1. The monoisotopic (exact) mass is 480 g/mol. The summed E-state index contributed by atoms with van der Waals surface area (Å²) in [4.78, 5) is 28.7. The number of fused-ring (bicyclic) bond motifs is 1. The topological polar surface area (TPSA) is 128 Å². The van der Waals surface area contributed by atoms with Crippen LogP contribution >= 0.6 is 11.6 Å². The highest BCUT2D eigenvalue weighted by Crippen LogP contribution is 2.49. The van der Waals surface area contributed by atoms with Crippen molar-refractivity contribution in [3.63, 3.8) is 0 Å². The molecule has 8 nitrogen and oxygen atoms in total. The minimum absolute atomic E-state index is 0.0244. The van der Waals surface area contributed by atoms with Gasteiger partial charge in [-0.05, 0) is 43.7 Å². The van der Waals surface area contributed by atoms with Gasteiger partial charge in [0.1, 0.15) is 22.7 Å². The maximum Gasteiger partial charge on any atom is 0.313 e. The number of carbonyl (C=O) groups is 2. The van der Waals surface area contributed by atoms with Crippen LogP contribution < -0.4 is 22.1 Å². The molecule has 0 unspecified atom stereocenters. The molecule has 1 aliphatic rings. The smallest absolute Gasteiger partial charge is 0.313 e. The highest BCUT2D eigenvalue weighted by atomic mass is 35.5. The van der Waals surface area contributed by atoms with E-state index in [9.17, 15) is 22.8 Å². The molecule has 6 N–H and O–H groups in total. The van der Waals surface area contributed by atoms with Gasteiger partial charge in [0.2, 0.25) is 0 Å². The number of halogens is 4. The predicted molar refractivity (Wildman–Crippen MR) is 116 cm³/mol. The minimum atomic E-state index is -3.21. The number of amides is 3. The number of nitrogens with one attached hydrogen (secondary N) is 2. The van der Waals surface area contributed by atoms with Gasteiger partial charge in [-0.3, -0.25) is 4.79 Å². The van der Waals surface area contributed by atoms with Gasteiger partial charge in [0.05, 0.1) is 10.7 Å². The van der Waals surface area contributed by atoms with Crippen LogP contribution in [0.4, 0.5) is 23.7 Å². The number of aryl methyl sites for hydroxylation is 1. The van der Waals surface area contributed by atoms with Crippen molar-refractivity contribution in [2.24, 2.45) is 17.4 Å². The molecule has 2 heterocycles. The number of hydrogen-bond donors (Lipinski definition) is 4. The van der Waals surface area contributed by atoms with Crippen molar-refractivity contribution >= 4 is 34.9 Å². The quantitative estimate of drug-likeness (QED) is 0.432. The Labute approximate surface area is 191 Å². The second-order valence-corrected chi connectivity index (χ2v) is 8.37. The van der Waals surface area contributed by atoms with Crippen molar-refractivity contribution in [2.45, 2.75) is 31.4 Å². The van der Waals surface area contributed by atoms with Crippen molar-refractivity contribution in [1.29, 1.82) is 0 Å². The van der Waals surface area contributed by atoms with E-state index >= 15 is 0 Å². The zero-order chi connectivity index (χ0) is 24.1. The lowest BCUT2D eigenvalue weighted by molar-refractivity contribution is 0.0171. The summed E-state index contributed by atoms with van der Waals surface area (Å²) in [6, 6.07) is 4.52. The summed E-state index contributed by atoms with van der Waals surface area (Å²) in [7, 11) is 0. The standard InChI is InChI=1S/C21H20ClF3N6O2/c1-9-17(29-16-5-2-10(22)8-31(9)16)18(32)28-11-3-4-14(23)12(6-11)21(19(24)25,30-20(27)33)13-7-15(13)26/h2-6,8,13,15,19H,7,26H2,1H3,(H,28,32)(H3,27,30,33)/t13-,15+,21+/m0/s1. The van der Waals surface area contributed by atoms with E-state index in [1.54, 1.807) is 29.7 Å². The fourth-order valence-electron chi connectivity index (χ4n) is 4.10. The van der Waals surface area contributed by atoms with Crippen LogP contribution in [0.1, 0.15) is 28.2 Å². The van der Waals surface area contributed by atoms with Crippen LogP contribution in [-0.4, -0.2) is 33.8 Å². The lowest BCUT2D eigenvalue weighted by Crippen LogP contribution is -2.56. The summed E-state index contributed by atoms with van der Waals surface area (Å²) in [5.74, 6) is -2.57. The van der Waals surface area contributed by atoms with E-state index in [-0.39, 0.29) is 17.8 Å². The number of primary amides is 1.